The van der Waals surface area contributed by atoms with E-state index in [0.29, 0.717) is 19.0 Å². The van der Waals surface area contributed by atoms with Gasteiger partial charge in [0.15, 0.2) is 0 Å². The molecule has 0 aromatic heterocycles. The number of hydrogen-bond acceptors (Lipinski definition) is 3. The van der Waals surface area contributed by atoms with Crippen LogP contribution in [0.1, 0.15) is 41.0 Å². The third-order valence-corrected chi connectivity index (χ3v) is 2.08. The lowest BCUT2D eigenvalue weighted by Gasteiger charge is -2.28. The maximum atomic E-state index is 11.9. The minimum atomic E-state index is -0.435. The number of nitrogens with two attached hydrogens (primary N) is 1. The van der Waals surface area contributed by atoms with Crippen molar-refractivity contribution >= 4 is 6.09 Å². The highest BCUT2D eigenvalue weighted by Gasteiger charge is 2.22. The normalized spacial score (nSPS) is 13.4. The van der Waals surface area contributed by atoms with Crippen molar-refractivity contribution in [1.29, 1.82) is 0 Å². The van der Waals surface area contributed by atoms with Crippen LogP contribution in [0.3, 0.4) is 0 Å². The first-order chi connectivity index (χ1) is 7.30. The smallest absolute Gasteiger partial charge is 0.410 e. The lowest BCUT2D eigenvalue weighted by atomic mass is 10.1. The molecule has 1 unspecified atom stereocenters. The van der Waals surface area contributed by atoms with Crippen LogP contribution in [-0.2, 0) is 4.74 Å². The highest BCUT2D eigenvalue weighted by atomic mass is 16.6. The molecule has 0 saturated heterocycles. The van der Waals surface area contributed by atoms with Gasteiger partial charge in [-0.15, -0.1) is 0 Å². The van der Waals surface area contributed by atoms with Crippen molar-refractivity contribution in [3.8, 4) is 0 Å². The van der Waals surface area contributed by atoms with E-state index in [1.165, 1.54) is 0 Å². The van der Waals surface area contributed by atoms with Crippen LogP contribution in [0.4, 0.5) is 4.79 Å². The summed E-state index contributed by atoms with van der Waals surface area (Å²) in [4.78, 5) is 13.6. The Morgan fingerprint density at radius 1 is 1.44 bits per heavy atom. The van der Waals surface area contributed by atoms with E-state index in [-0.39, 0.29) is 6.09 Å². The van der Waals surface area contributed by atoms with Gasteiger partial charge in [0.2, 0.25) is 0 Å². The molecule has 0 heterocycles. The molecule has 4 nitrogen and oxygen atoms in total. The van der Waals surface area contributed by atoms with Gasteiger partial charge >= 0.3 is 6.09 Å². The zero-order valence-electron chi connectivity index (χ0n) is 11.2. The standard InChI is InChI=1S/C12H26N2O2/c1-6-7-14(9-10(2)8-13)11(15)16-12(3,4)5/h10H,6-9,13H2,1-5H3. The van der Waals surface area contributed by atoms with Crippen LogP contribution in [0.25, 0.3) is 0 Å². The van der Waals surface area contributed by atoms with Gasteiger partial charge in [-0.05, 0) is 39.7 Å². The van der Waals surface area contributed by atoms with E-state index in [4.69, 9.17) is 10.5 Å². The second-order valence-electron chi connectivity index (χ2n) is 5.27. The Morgan fingerprint density at radius 3 is 2.38 bits per heavy atom. The fraction of sp³-hybridized carbons (Fsp3) is 0.917. The molecule has 0 saturated carbocycles. The molecule has 0 radical (unpaired) electrons. The Morgan fingerprint density at radius 2 is 2.00 bits per heavy atom. The van der Waals surface area contributed by atoms with Crippen molar-refractivity contribution < 1.29 is 9.53 Å². The van der Waals surface area contributed by atoms with E-state index < -0.39 is 5.60 Å². The molecular formula is C12H26N2O2. The maximum Gasteiger partial charge on any atom is 0.410 e. The molecule has 0 fully saturated rings. The van der Waals surface area contributed by atoms with Crippen molar-refractivity contribution in [3.05, 3.63) is 0 Å². The highest BCUT2D eigenvalue weighted by Crippen LogP contribution is 2.11. The van der Waals surface area contributed by atoms with Crippen molar-refractivity contribution in [3.63, 3.8) is 0 Å². The summed E-state index contributed by atoms with van der Waals surface area (Å²) >= 11 is 0. The van der Waals surface area contributed by atoms with Crippen LogP contribution in [0.5, 0.6) is 0 Å². The molecule has 0 aromatic carbocycles. The van der Waals surface area contributed by atoms with Crippen molar-refractivity contribution in [2.24, 2.45) is 11.7 Å². The van der Waals surface area contributed by atoms with Crippen molar-refractivity contribution in [2.45, 2.75) is 46.6 Å². The van der Waals surface area contributed by atoms with Crippen LogP contribution in [-0.4, -0.2) is 36.2 Å². The van der Waals surface area contributed by atoms with E-state index in [9.17, 15) is 4.79 Å². The van der Waals surface area contributed by atoms with Crippen molar-refractivity contribution in [2.75, 3.05) is 19.6 Å². The topological polar surface area (TPSA) is 55.6 Å². The second-order valence-corrected chi connectivity index (χ2v) is 5.27. The van der Waals surface area contributed by atoms with Crippen LogP contribution >= 0.6 is 0 Å². The van der Waals surface area contributed by atoms with Crippen LogP contribution in [0, 0.1) is 5.92 Å². The molecule has 4 heteroatoms. The largest absolute Gasteiger partial charge is 0.444 e. The summed E-state index contributed by atoms with van der Waals surface area (Å²) in [5, 5.41) is 0. The third-order valence-electron chi connectivity index (χ3n) is 2.08. The van der Waals surface area contributed by atoms with Gasteiger partial charge in [-0.25, -0.2) is 4.79 Å². The number of nitrogens with zero attached hydrogens (tertiary/aromatic N) is 1. The maximum absolute atomic E-state index is 11.9. The first-order valence-corrected chi connectivity index (χ1v) is 5.98. The Kier molecular flexibility index (Phi) is 6.41. The van der Waals surface area contributed by atoms with Gasteiger partial charge in [-0.3, -0.25) is 0 Å². The molecule has 0 aliphatic carbocycles. The summed E-state index contributed by atoms with van der Waals surface area (Å²) in [7, 11) is 0. The molecule has 96 valence electrons. The molecule has 0 aromatic rings. The first kappa shape index (κ1) is 15.2. The average molecular weight is 230 g/mol. The van der Waals surface area contributed by atoms with Crippen LogP contribution < -0.4 is 5.73 Å². The zero-order chi connectivity index (χ0) is 12.8. The molecule has 0 bridgehead atoms. The molecule has 0 aliphatic rings. The molecule has 1 atom stereocenters. The summed E-state index contributed by atoms with van der Waals surface area (Å²) < 4.78 is 5.34. The average Bonchev–Trinajstić information content (AvgIpc) is 2.14. The van der Waals surface area contributed by atoms with Gasteiger partial charge < -0.3 is 15.4 Å². The molecule has 0 rings (SSSR count). The van der Waals surface area contributed by atoms with Gasteiger partial charge in [-0.2, -0.15) is 0 Å². The molecule has 0 spiro atoms. The third kappa shape index (κ3) is 6.67. The second kappa shape index (κ2) is 6.74. The summed E-state index contributed by atoms with van der Waals surface area (Å²) in [5.74, 6) is 0.305. The quantitative estimate of drug-likeness (QED) is 0.788. The highest BCUT2D eigenvalue weighted by molar-refractivity contribution is 5.68. The van der Waals surface area contributed by atoms with Gasteiger partial charge in [-0.1, -0.05) is 13.8 Å². The van der Waals surface area contributed by atoms with E-state index >= 15 is 0 Å². The van der Waals surface area contributed by atoms with Gasteiger partial charge in [0, 0.05) is 13.1 Å². The number of hydrogen-bond donors (Lipinski definition) is 1. The molecule has 0 aliphatic heterocycles. The number of carbonyl (C=O) groups excluding carboxylic acids is 1. The molecule has 2 N–H and O–H groups in total. The molecular weight excluding hydrogens is 204 g/mol. The van der Waals surface area contributed by atoms with E-state index in [1.807, 2.05) is 34.6 Å². The minimum Gasteiger partial charge on any atom is -0.444 e. The van der Waals surface area contributed by atoms with Gasteiger partial charge in [0.25, 0.3) is 0 Å². The summed E-state index contributed by atoms with van der Waals surface area (Å²) in [5.41, 5.74) is 5.13. The Bertz CT molecular complexity index is 212. The Labute approximate surface area is 99.1 Å². The predicted octanol–water partition coefficient (Wildman–Crippen LogP) is 2.23. The fourth-order valence-electron chi connectivity index (χ4n) is 1.30. The lowest BCUT2D eigenvalue weighted by Crippen LogP contribution is -2.40. The summed E-state index contributed by atoms with van der Waals surface area (Å²) in [6.07, 6.45) is 0.686. The van der Waals surface area contributed by atoms with Gasteiger partial charge in [0.05, 0.1) is 0 Å². The Hall–Kier alpha value is -0.770. The number of amides is 1. The van der Waals surface area contributed by atoms with Gasteiger partial charge in [0.1, 0.15) is 5.60 Å². The number of rotatable bonds is 5. The number of carbonyl (C=O) groups is 1. The fourth-order valence-corrected chi connectivity index (χ4v) is 1.30. The molecule has 1 amide bonds. The monoisotopic (exact) mass is 230 g/mol. The van der Waals surface area contributed by atoms with Crippen LogP contribution in [0.2, 0.25) is 0 Å². The number of ether oxygens (including phenoxy) is 1. The summed E-state index contributed by atoms with van der Waals surface area (Å²) in [6.45, 7) is 11.7. The Balaban J connectivity index is 4.34. The molecule has 16 heavy (non-hydrogen) atoms. The lowest BCUT2D eigenvalue weighted by molar-refractivity contribution is 0.0226. The van der Waals surface area contributed by atoms with E-state index in [2.05, 4.69) is 0 Å². The zero-order valence-corrected chi connectivity index (χ0v) is 11.2. The van der Waals surface area contributed by atoms with E-state index in [1.54, 1.807) is 4.90 Å². The van der Waals surface area contributed by atoms with Crippen LogP contribution in [0.15, 0.2) is 0 Å². The van der Waals surface area contributed by atoms with Crippen molar-refractivity contribution in [1.82, 2.24) is 4.90 Å². The summed E-state index contributed by atoms with van der Waals surface area (Å²) in [6, 6.07) is 0. The first-order valence-electron chi connectivity index (χ1n) is 5.98. The SMILES string of the molecule is CCCN(CC(C)CN)C(=O)OC(C)(C)C. The van der Waals surface area contributed by atoms with E-state index in [0.717, 1.165) is 13.0 Å². The minimum absolute atomic E-state index is 0.241. The predicted molar refractivity (Wildman–Crippen MR) is 66.3 cm³/mol.